The first kappa shape index (κ1) is 15.1. The Bertz CT molecular complexity index is 1010. The van der Waals surface area contributed by atoms with Gasteiger partial charge in [-0.2, -0.15) is 0 Å². The number of alkyl halides is 2. The molecule has 3 aromatic carbocycles. The molecule has 3 aromatic rings. The van der Waals surface area contributed by atoms with Gasteiger partial charge in [-0.15, -0.1) is 0 Å². The Labute approximate surface area is 164 Å². The third-order valence-corrected chi connectivity index (χ3v) is 10.6. The molecule has 2 nitrogen and oxygen atoms in total. The molecule has 2 atom stereocenters. The van der Waals surface area contributed by atoms with Crippen LogP contribution in [0, 0.1) is 0 Å². The molecular formula is C23H20IN2-. The summed E-state index contributed by atoms with van der Waals surface area (Å²) in [7, 11) is 0. The number of para-hydroxylation sites is 3. The van der Waals surface area contributed by atoms with Crippen LogP contribution >= 0.6 is 0 Å². The average molecular weight is 451 g/mol. The van der Waals surface area contributed by atoms with E-state index in [1.807, 2.05) is 0 Å². The molecule has 3 heteroatoms. The molecule has 0 radical (unpaired) electrons. The van der Waals surface area contributed by atoms with Crippen molar-refractivity contribution in [2.75, 3.05) is 9.80 Å². The van der Waals surface area contributed by atoms with E-state index in [1.165, 1.54) is 41.2 Å². The van der Waals surface area contributed by atoms with Gasteiger partial charge in [0.25, 0.3) is 0 Å². The normalized spacial score (nSPS) is 24.9. The Balaban J connectivity index is 1.73. The monoisotopic (exact) mass is 451 g/mol. The maximum absolute atomic E-state index is 2.63. The molecule has 0 N–H and O–H groups in total. The Morgan fingerprint density at radius 3 is 2.23 bits per heavy atom. The third-order valence-electron chi connectivity index (χ3n) is 6.04. The summed E-state index contributed by atoms with van der Waals surface area (Å²) in [6, 6.07) is 27.5. The molecule has 26 heavy (non-hydrogen) atoms. The van der Waals surface area contributed by atoms with E-state index in [2.05, 4.69) is 89.5 Å². The fraction of sp³-hybridized carbons (Fsp3) is 0.217. The summed E-state index contributed by atoms with van der Waals surface area (Å²) in [5, 5.41) is 0. The predicted molar refractivity (Wildman–Crippen MR) is 103 cm³/mol. The van der Waals surface area contributed by atoms with Gasteiger partial charge in [0.15, 0.2) is 0 Å². The molecule has 0 saturated carbocycles. The van der Waals surface area contributed by atoms with Crippen LogP contribution in [0.25, 0.3) is 0 Å². The van der Waals surface area contributed by atoms with E-state index in [-0.39, 0.29) is 21.2 Å². The van der Waals surface area contributed by atoms with Crippen LogP contribution in [0.3, 0.4) is 0 Å². The summed E-state index contributed by atoms with van der Waals surface area (Å²) in [5.74, 6) is 0. The molecular weight excluding hydrogens is 431 g/mol. The standard InChI is InChI=1S/C23H20IN2/c1-2-23-15-16-11-13-17(14-12-16)25-20-9-5-6-10-21(20)26(22(25)24-23)19-8-4-3-7-18(19)23/h3-14,22H,2,15H2,1H3/q-1/t22?,23-/m0/s1. The van der Waals surface area contributed by atoms with Crippen molar-refractivity contribution in [3.05, 3.63) is 83.9 Å². The number of benzene rings is 3. The Kier molecular flexibility index (Phi) is 3.05. The zero-order chi connectivity index (χ0) is 17.3. The van der Waals surface area contributed by atoms with Crippen molar-refractivity contribution >= 4 is 22.7 Å². The van der Waals surface area contributed by atoms with E-state index in [9.17, 15) is 0 Å². The molecule has 4 bridgehead atoms. The second-order valence-corrected chi connectivity index (χ2v) is 11.1. The van der Waals surface area contributed by atoms with Gasteiger partial charge in [-0.05, 0) is 0 Å². The van der Waals surface area contributed by atoms with Crippen molar-refractivity contribution in [1.29, 1.82) is 0 Å². The van der Waals surface area contributed by atoms with Gasteiger partial charge in [0.05, 0.1) is 0 Å². The number of hydrogen-bond donors (Lipinski definition) is 0. The minimum absolute atomic E-state index is 0.116. The molecule has 0 aliphatic carbocycles. The van der Waals surface area contributed by atoms with Gasteiger partial charge in [0, 0.05) is 0 Å². The van der Waals surface area contributed by atoms with Crippen molar-refractivity contribution in [3.63, 3.8) is 0 Å². The van der Waals surface area contributed by atoms with Gasteiger partial charge in [-0.3, -0.25) is 0 Å². The van der Waals surface area contributed by atoms with E-state index in [0.717, 1.165) is 0 Å². The minimum atomic E-state index is -0.116. The van der Waals surface area contributed by atoms with Gasteiger partial charge in [-0.25, -0.2) is 0 Å². The number of hydrogen-bond acceptors (Lipinski definition) is 2. The Morgan fingerprint density at radius 2 is 1.50 bits per heavy atom. The van der Waals surface area contributed by atoms with Crippen LogP contribution in [-0.4, -0.2) is 4.17 Å². The van der Waals surface area contributed by atoms with Gasteiger partial charge < -0.3 is 0 Å². The molecule has 0 saturated heterocycles. The second-order valence-electron chi connectivity index (χ2n) is 7.33. The summed E-state index contributed by atoms with van der Waals surface area (Å²) < 4.78 is 0.767. The van der Waals surface area contributed by atoms with E-state index in [4.69, 9.17) is 0 Å². The molecule has 0 spiro atoms. The molecule has 4 heterocycles. The number of fused-ring (bicyclic) bond motifs is 6. The summed E-state index contributed by atoms with van der Waals surface area (Å²) in [6.45, 7) is 2.39. The first-order chi connectivity index (χ1) is 12.8. The first-order valence-corrected chi connectivity index (χ1v) is 11.6. The Morgan fingerprint density at radius 1 is 0.846 bits per heavy atom. The number of anilines is 4. The number of nitrogens with zero attached hydrogens (tertiary/aromatic N) is 2. The number of halogens is 1. The van der Waals surface area contributed by atoms with E-state index >= 15 is 0 Å². The van der Waals surface area contributed by atoms with Gasteiger partial charge in [0.1, 0.15) is 0 Å². The average Bonchev–Trinajstić information content (AvgIpc) is 3.05. The summed E-state index contributed by atoms with van der Waals surface area (Å²) in [4.78, 5) is 5.24. The van der Waals surface area contributed by atoms with Gasteiger partial charge in [-0.1, -0.05) is 0 Å². The molecule has 1 unspecified atom stereocenters. The van der Waals surface area contributed by atoms with Crippen molar-refractivity contribution < 1.29 is 21.2 Å². The van der Waals surface area contributed by atoms with E-state index in [0.29, 0.717) is 7.59 Å². The fourth-order valence-electron chi connectivity index (χ4n) is 4.75. The summed E-state index contributed by atoms with van der Waals surface area (Å²) in [5.41, 5.74) is 8.51. The van der Waals surface area contributed by atoms with E-state index in [1.54, 1.807) is 5.56 Å². The predicted octanol–water partition coefficient (Wildman–Crippen LogP) is 2.52. The van der Waals surface area contributed by atoms with Crippen LogP contribution in [0.5, 0.6) is 0 Å². The molecule has 130 valence electrons. The molecule has 4 aliphatic heterocycles. The Hall–Kier alpha value is -2.01. The molecule has 4 aliphatic rings. The fourth-order valence-corrected chi connectivity index (χ4v) is 9.49. The van der Waals surface area contributed by atoms with Crippen molar-refractivity contribution in [2.24, 2.45) is 0 Å². The second kappa shape index (κ2) is 5.26. The first-order valence-electron chi connectivity index (χ1n) is 9.31. The van der Waals surface area contributed by atoms with Crippen LogP contribution in [0.2, 0.25) is 0 Å². The maximum atomic E-state index is 2.63. The molecule has 0 aromatic heterocycles. The van der Waals surface area contributed by atoms with Gasteiger partial charge in [0.2, 0.25) is 0 Å². The van der Waals surface area contributed by atoms with Crippen LogP contribution in [0.15, 0.2) is 72.8 Å². The quantitative estimate of drug-likeness (QED) is 0.319. The van der Waals surface area contributed by atoms with Crippen LogP contribution < -0.4 is 31.0 Å². The number of rotatable bonds is 1. The van der Waals surface area contributed by atoms with Crippen molar-refractivity contribution in [1.82, 2.24) is 0 Å². The summed E-state index contributed by atoms with van der Waals surface area (Å²) in [6.07, 6.45) is 2.38. The molecule has 7 rings (SSSR count). The van der Waals surface area contributed by atoms with Crippen LogP contribution in [0.4, 0.5) is 22.7 Å². The topological polar surface area (TPSA) is 6.48 Å². The zero-order valence-corrected chi connectivity index (χ0v) is 16.8. The molecule has 0 amide bonds. The zero-order valence-electron chi connectivity index (χ0n) is 14.7. The SMILES string of the molecule is CC[C@]12Cc3ccc(cc3)N3c4ccccc4N(c4ccccc41)C3[I-]2. The summed E-state index contributed by atoms with van der Waals surface area (Å²) >= 11 is -0.116. The third kappa shape index (κ3) is 1.82. The molecule has 0 fully saturated rings. The van der Waals surface area contributed by atoms with Gasteiger partial charge >= 0.3 is 165 Å². The van der Waals surface area contributed by atoms with Crippen LogP contribution in [-0.2, 0) is 9.84 Å². The van der Waals surface area contributed by atoms with E-state index < -0.39 is 0 Å². The van der Waals surface area contributed by atoms with Crippen LogP contribution in [0.1, 0.15) is 24.5 Å². The van der Waals surface area contributed by atoms with Crippen molar-refractivity contribution in [3.8, 4) is 0 Å². The van der Waals surface area contributed by atoms with Crippen molar-refractivity contribution in [2.45, 2.75) is 27.4 Å².